The summed E-state index contributed by atoms with van der Waals surface area (Å²) < 4.78 is 4.95. The average molecular weight is 176 g/mol. The fourth-order valence-electron chi connectivity index (χ4n) is 0.534. The van der Waals surface area contributed by atoms with E-state index in [1.807, 2.05) is 6.92 Å². The highest BCUT2D eigenvalue weighted by atomic mass is 32.1. The molecule has 0 aliphatic heterocycles. The summed E-state index contributed by atoms with van der Waals surface area (Å²) in [6.07, 6.45) is 2.01. The Morgan fingerprint density at radius 2 is 2.27 bits per heavy atom. The third kappa shape index (κ3) is 5.13. The molecule has 0 saturated heterocycles. The first-order chi connectivity index (χ1) is 5.22. The van der Waals surface area contributed by atoms with Crippen LogP contribution in [-0.4, -0.2) is 18.3 Å². The van der Waals surface area contributed by atoms with E-state index < -0.39 is 0 Å². The summed E-state index contributed by atoms with van der Waals surface area (Å²) in [5.41, 5.74) is 0. The molecule has 0 aliphatic rings. The zero-order chi connectivity index (χ0) is 8.69. The molecule has 0 rings (SSSR count). The van der Waals surface area contributed by atoms with Gasteiger partial charge in [-0.15, -0.1) is 0 Å². The molecular formula is C8H16O2S. The van der Waals surface area contributed by atoms with Crippen molar-refractivity contribution in [1.29, 1.82) is 0 Å². The Bertz CT molecular complexity index is 115. The van der Waals surface area contributed by atoms with E-state index in [4.69, 9.17) is 4.74 Å². The molecule has 0 aromatic carbocycles. The molecular weight excluding hydrogens is 160 g/mol. The summed E-state index contributed by atoms with van der Waals surface area (Å²) in [6, 6.07) is 0. The summed E-state index contributed by atoms with van der Waals surface area (Å²) >= 11 is 4.00. The molecule has 0 radical (unpaired) electrons. The van der Waals surface area contributed by atoms with Crippen molar-refractivity contribution in [1.82, 2.24) is 0 Å². The van der Waals surface area contributed by atoms with Crippen molar-refractivity contribution >= 4 is 18.6 Å². The molecule has 0 spiro atoms. The van der Waals surface area contributed by atoms with Crippen LogP contribution in [0.2, 0.25) is 0 Å². The lowest BCUT2D eigenvalue weighted by atomic mass is 10.2. The van der Waals surface area contributed by atoms with Crippen LogP contribution in [0.15, 0.2) is 0 Å². The predicted octanol–water partition coefficient (Wildman–Crippen LogP) is 1.90. The number of esters is 1. The van der Waals surface area contributed by atoms with Crippen LogP contribution < -0.4 is 0 Å². The van der Waals surface area contributed by atoms with Gasteiger partial charge in [0.1, 0.15) is 0 Å². The lowest BCUT2D eigenvalue weighted by Gasteiger charge is -2.07. The van der Waals surface area contributed by atoms with Gasteiger partial charge in [0.25, 0.3) is 0 Å². The first-order valence-corrected chi connectivity index (χ1v) is 4.63. The molecule has 0 fully saturated rings. The normalized spacial score (nSPS) is 12.6. The summed E-state index contributed by atoms with van der Waals surface area (Å²) in [4.78, 5) is 11.0. The SMILES string of the molecule is CCCCOC(=O)C(C)CS. The van der Waals surface area contributed by atoms with Crippen molar-refractivity contribution in [2.45, 2.75) is 26.7 Å². The number of carbonyl (C=O) groups is 1. The van der Waals surface area contributed by atoms with Gasteiger partial charge in [0.2, 0.25) is 0 Å². The van der Waals surface area contributed by atoms with E-state index in [1.54, 1.807) is 0 Å². The second-order valence-electron chi connectivity index (χ2n) is 2.60. The third-order valence-electron chi connectivity index (χ3n) is 1.42. The average Bonchev–Trinajstić information content (AvgIpc) is 2.03. The van der Waals surface area contributed by atoms with Gasteiger partial charge in [0, 0.05) is 5.75 Å². The Morgan fingerprint density at radius 3 is 2.73 bits per heavy atom. The molecule has 1 unspecified atom stereocenters. The molecule has 0 heterocycles. The van der Waals surface area contributed by atoms with Gasteiger partial charge < -0.3 is 4.74 Å². The van der Waals surface area contributed by atoms with E-state index in [1.165, 1.54) is 0 Å². The van der Waals surface area contributed by atoms with Gasteiger partial charge in [0.05, 0.1) is 12.5 Å². The van der Waals surface area contributed by atoms with Crippen molar-refractivity contribution in [3.05, 3.63) is 0 Å². The first kappa shape index (κ1) is 10.8. The Labute approximate surface area is 73.7 Å². The molecule has 0 bridgehead atoms. The summed E-state index contributed by atoms with van der Waals surface area (Å²) in [5.74, 6) is 0.356. The lowest BCUT2D eigenvalue weighted by molar-refractivity contribution is -0.147. The molecule has 0 aromatic rings. The number of thiol groups is 1. The van der Waals surface area contributed by atoms with E-state index >= 15 is 0 Å². The van der Waals surface area contributed by atoms with E-state index in [-0.39, 0.29) is 11.9 Å². The maximum atomic E-state index is 11.0. The van der Waals surface area contributed by atoms with Gasteiger partial charge >= 0.3 is 5.97 Å². The van der Waals surface area contributed by atoms with Gasteiger partial charge in [-0.25, -0.2) is 0 Å². The van der Waals surface area contributed by atoms with Crippen molar-refractivity contribution in [2.75, 3.05) is 12.4 Å². The number of unbranched alkanes of at least 4 members (excludes halogenated alkanes) is 1. The minimum Gasteiger partial charge on any atom is -0.465 e. The van der Waals surface area contributed by atoms with Crippen LogP contribution in [0.3, 0.4) is 0 Å². The van der Waals surface area contributed by atoms with Crippen LogP contribution in [0, 0.1) is 5.92 Å². The maximum absolute atomic E-state index is 11.0. The zero-order valence-electron chi connectivity index (χ0n) is 7.17. The van der Waals surface area contributed by atoms with E-state index in [2.05, 4.69) is 19.6 Å². The Balaban J connectivity index is 3.36. The van der Waals surface area contributed by atoms with Crippen LogP contribution >= 0.6 is 12.6 Å². The monoisotopic (exact) mass is 176 g/mol. The van der Waals surface area contributed by atoms with Gasteiger partial charge in [0.15, 0.2) is 0 Å². The fraction of sp³-hybridized carbons (Fsp3) is 0.875. The zero-order valence-corrected chi connectivity index (χ0v) is 8.06. The molecule has 11 heavy (non-hydrogen) atoms. The fourth-order valence-corrected chi connectivity index (χ4v) is 0.683. The molecule has 1 atom stereocenters. The molecule has 0 amide bonds. The van der Waals surface area contributed by atoms with Gasteiger partial charge in [-0.3, -0.25) is 4.79 Å². The largest absolute Gasteiger partial charge is 0.465 e. The highest BCUT2D eigenvalue weighted by Crippen LogP contribution is 2.01. The van der Waals surface area contributed by atoms with Crippen LogP contribution in [0.1, 0.15) is 26.7 Å². The summed E-state index contributed by atoms with van der Waals surface area (Å²) in [6.45, 7) is 4.44. The van der Waals surface area contributed by atoms with Crippen molar-refractivity contribution in [2.24, 2.45) is 5.92 Å². The van der Waals surface area contributed by atoms with Crippen molar-refractivity contribution in [3.8, 4) is 0 Å². The molecule has 0 N–H and O–H groups in total. The second-order valence-corrected chi connectivity index (χ2v) is 2.97. The van der Waals surface area contributed by atoms with Crippen LogP contribution in [0.5, 0.6) is 0 Å². The van der Waals surface area contributed by atoms with Crippen molar-refractivity contribution < 1.29 is 9.53 Å². The lowest BCUT2D eigenvalue weighted by Crippen LogP contribution is -2.16. The number of rotatable bonds is 5. The number of hydrogen-bond acceptors (Lipinski definition) is 3. The molecule has 0 aromatic heterocycles. The smallest absolute Gasteiger partial charge is 0.309 e. The van der Waals surface area contributed by atoms with E-state index in [0.717, 1.165) is 12.8 Å². The molecule has 66 valence electrons. The topological polar surface area (TPSA) is 26.3 Å². The second kappa shape index (κ2) is 6.53. The molecule has 2 nitrogen and oxygen atoms in total. The number of carbonyl (C=O) groups excluding carboxylic acids is 1. The van der Waals surface area contributed by atoms with Crippen LogP contribution in [-0.2, 0) is 9.53 Å². The third-order valence-corrected chi connectivity index (χ3v) is 1.97. The van der Waals surface area contributed by atoms with Crippen LogP contribution in [0.25, 0.3) is 0 Å². The highest BCUT2D eigenvalue weighted by Gasteiger charge is 2.10. The quantitative estimate of drug-likeness (QED) is 0.393. The molecule has 0 aliphatic carbocycles. The van der Waals surface area contributed by atoms with Crippen LogP contribution in [0.4, 0.5) is 0 Å². The molecule has 0 saturated carbocycles. The Hall–Kier alpha value is -0.180. The predicted molar refractivity (Wildman–Crippen MR) is 48.9 cm³/mol. The Kier molecular flexibility index (Phi) is 6.42. The highest BCUT2D eigenvalue weighted by molar-refractivity contribution is 7.80. The maximum Gasteiger partial charge on any atom is 0.309 e. The van der Waals surface area contributed by atoms with Gasteiger partial charge in [-0.05, 0) is 6.42 Å². The van der Waals surface area contributed by atoms with E-state index in [0.29, 0.717) is 12.4 Å². The number of ether oxygens (including phenoxy) is 1. The minimum atomic E-state index is -0.131. The molecule has 3 heteroatoms. The summed E-state index contributed by atoms with van der Waals surface area (Å²) in [5, 5.41) is 0. The van der Waals surface area contributed by atoms with Crippen molar-refractivity contribution in [3.63, 3.8) is 0 Å². The Morgan fingerprint density at radius 1 is 1.64 bits per heavy atom. The first-order valence-electron chi connectivity index (χ1n) is 3.99. The standard InChI is InChI=1S/C8H16O2S/c1-3-4-5-10-8(9)7(2)6-11/h7,11H,3-6H2,1-2H3. The summed E-state index contributed by atoms with van der Waals surface area (Å²) in [7, 11) is 0. The minimum absolute atomic E-state index is 0.0739. The van der Waals surface area contributed by atoms with Gasteiger partial charge in [-0.2, -0.15) is 12.6 Å². The number of hydrogen-bond donors (Lipinski definition) is 1. The van der Waals surface area contributed by atoms with Gasteiger partial charge in [-0.1, -0.05) is 20.3 Å². The van der Waals surface area contributed by atoms with E-state index in [9.17, 15) is 4.79 Å².